The SMILES string of the molecule is CCC(C)N(C)CCNCC(C)(C)C(=O)OC. The average Bonchev–Trinajstić information content (AvgIpc) is 2.31. The zero-order valence-electron chi connectivity index (χ0n) is 12.2. The number of nitrogens with one attached hydrogen (secondary N) is 1. The van der Waals surface area contributed by atoms with E-state index in [0.29, 0.717) is 12.6 Å². The van der Waals surface area contributed by atoms with Crippen molar-refractivity contribution in [1.82, 2.24) is 10.2 Å². The largest absolute Gasteiger partial charge is 0.469 e. The molecule has 1 unspecified atom stereocenters. The molecular weight excluding hydrogens is 216 g/mol. The van der Waals surface area contributed by atoms with Crippen LogP contribution in [-0.4, -0.2) is 50.7 Å². The Morgan fingerprint density at radius 3 is 2.53 bits per heavy atom. The minimum absolute atomic E-state index is 0.166. The van der Waals surface area contributed by atoms with E-state index in [-0.39, 0.29) is 5.97 Å². The van der Waals surface area contributed by atoms with Gasteiger partial charge in [0.2, 0.25) is 0 Å². The molecule has 102 valence electrons. The molecule has 0 radical (unpaired) electrons. The van der Waals surface area contributed by atoms with Gasteiger partial charge in [-0.1, -0.05) is 6.92 Å². The molecule has 1 N–H and O–H groups in total. The Kier molecular flexibility index (Phi) is 7.39. The molecule has 0 amide bonds. The van der Waals surface area contributed by atoms with Crippen molar-refractivity contribution >= 4 is 5.97 Å². The van der Waals surface area contributed by atoms with Crippen molar-refractivity contribution in [3.05, 3.63) is 0 Å². The fraction of sp³-hybridized carbons (Fsp3) is 0.923. The summed E-state index contributed by atoms with van der Waals surface area (Å²) in [5, 5.41) is 3.31. The van der Waals surface area contributed by atoms with Crippen LogP contribution in [0, 0.1) is 5.41 Å². The molecule has 0 aliphatic carbocycles. The molecule has 0 fully saturated rings. The molecule has 1 atom stereocenters. The lowest BCUT2D eigenvalue weighted by atomic mass is 9.94. The van der Waals surface area contributed by atoms with Gasteiger partial charge >= 0.3 is 5.97 Å². The summed E-state index contributed by atoms with van der Waals surface area (Å²) in [5.74, 6) is -0.166. The molecule has 0 aromatic carbocycles. The first kappa shape index (κ1) is 16.4. The lowest BCUT2D eigenvalue weighted by Gasteiger charge is -2.25. The summed E-state index contributed by atoms with van der Waals surface area (Å²) in [7, 11) is 3.56. The van der Waals surface area contributed by atoms with Gasteiger partial charge in [-0.25, -0.2) is 0 Å². The standard InChI is InChI=1S/C13H28N2O2/c1-7-11(2)15(5)9-8-14-10-13(3,4)12(16)17-6/h11,14H,7-10H2,1-6H3. The Morgan fingerprint density at radius 2 is 2.06 bits per heavy atom. The highest BCUT2D eigenvalue weighted by Crippen LogP contribution is 2.15. The maximum atomic E-state index is 11.4. The van der Waals surface area contributed by atoms with Crippen molar-refractivity contribution in [1.29, 1.82) is 0 Å². The molecule has 0 aliphatic heterocycles. The molecule has 0 aliphatic rings. The van der Waals surface area contributed by atoms with Crippen LogP contribution >= 0.6 is 0 Å². The molecule has 17 heavy (non-hydrogen) atoms. The molecule has 0 rings (SSSR count). The van der Waals surface area contributed by atoms with E-state index in [4.69, 9.17) is 4.74 Å². The van der Waals surface area contributed by atoms with Gasteiger partial charge in [-0.05, 0) is 34.2 Å². The normalized spacial score (nSPS) is 13.8. The zero-order chi connectivity index (χ0) is 13.5. The maximum Gasteiger partial charge on any atom is 0.312 e. The van der Waals surface area contributed by atoms with Crippen LogP contribution < -0.4 is 5.32 Å². The second-order valence-electron chi connectivity index (χ2n) is 5.29. The summed E-state index contributed by atoms with van der Waals surface area (Å²) in [5.41, 5.74) is -0.455. The lowest BCUT2D eigenvalue weighted by molar-refractivity contribution is -0.150. The van der Waals surface area contributed by atoms with Crippen molar-refractivity contribution in [3.63, 3.8) is 0 Å². The van der Waals surface area contributed by atoms with Gasteiger partial charge in [0, 0.05) is 25.7 Å². The zero-order valence-corrected chi connectivity index (χ0v) is 12.2. The number of esters is 1. The fourth-order valence-corrected chi connectivity index (χ4v) is 1.54. The molecule has 0 heterocycles. The molecule has 4 heteroatoms. The third kappa shape index (κ3) is 6.03. The van der Waals surface area contributed by atoms with Crippen LogP contribution in [0.4, 0.5) is 0 Å². The van der Waals surface area contributed by atoms with Crippen molar-refractivity contribution in [3.8, 4) is 0 Å². The summed E-state index contributed by atoms with van der Waals surface area (Å²) in [6, 6.07) is 0.602. The van der Waals surface area contributed by atoms with Crippen LogP contribution in [0.15, 0.2) is 0 Å². The van der Waals surface area contributed by atoms with E-state index < -0.39 is 5.41 Å². The number of likely N-dealkylation sites (N-methyl/N-ethyl adjacent to an activating group) is 1. The van der Waals surface area contributed by atoms with Crippen LogP contribution in [-0.2, 0) is 9.53 Å². The first-order valence-corrected chi connectivity index (χ1v) is 6.34. The van der Waals surface area contributed by atoms with Crippen molar-refractivity contribution < 1.29 is 9.53 Å². The van der Waals surface area contributed by atoms with Gasteiger partial charge in [0.25, 0.3) is 0 Å². The Bertz CT molecular complexity index is 229. The van der Waals surface area contributed by atoms with Crippen LogP contribution in [0.25, 0.3) is 0 Å². The Balaban J connectivity index is 3.81. The summed E-state index contributed by atoms with van der Waals surface area (Å²) in [6.45, 7) is 10.7. The smallest absolute Gasteiger partial charge is 0.312 e. The number of hydrogen-bond acceptors (Lipinski definition) is 4. The molecule has 0 aromatic heterocycles. The predicted octanol–water partition coefficient (Wildman–Crippen LogP) is 1.51. The van der Waals surface area contributed by atoms with E-state index in [1.807, 2.05) is 13.8 Å². The van der Waals surface area contributed by atoms with Gasteiger partial charge in [0.15, 0.2) is 0 Å². The second-order valence-corrected chi connectivity index (χ2v) is 5.29. The Hall–Kier alpha value is -0.610. The number of rotatable bonds is 8. The monoisotopic (exact) mass is 244 g/mol. The first-order chi connectivity index (χ1) is 7.85. The van der Waals surface area contributed by atoms with E-state index in [1.165, 1.54) is 7.11 Å². The van der Waals surface area contributed by atoms with Crippen LogP contribution in [0.5, 0.6) is 0 Å². The van der Waals surface area contributed by atoms with Gasteiger partial charge in [-0.15, -0.1) is 0 Å². The van der Waals surface area contributed by atoms with Gasteiger partial charge in [0.1, 0.15) is 0 Å². The molecule has 0 spiro atoms. The van der Waals surface area contributed by atoms with Crippen LogP contribution in [0.1, 0.15) is 34.1 Å². The van der Waals surface area contributed by atoms with E-state index in [2.05, 4.69) is 31.1 Å². The molecule has 0 bridgehead atoms. The number of nitrogens with zero attached hydrogens (tertiary/aromatic N) is 1. The van der Waals surface area contributed by atoms with Gasteiger partial charge in [-0.2, -0.15) is 0 Å². The first-order valence-electron chi connectivity index (χ1n) is 6.34. The van der Waals surface area contributed by atoms with E-state index in [9.17, 15) is 4.79 Å². The summed E-state index contributed by atoms with van der Waals surface area (Å²) in [4.78, 5) is 13.8. The van der Waals surface area contributed by atoms with Crippen LogP contribution in [0.2, 0.25) is 0 Å². The molecule has 0 aromatic rings. The van der Waals surface area contributed by atoms with Crippen LogP contribution in [0.3, 0.4) is 0 Å². The highest BCUT2D eigenvalue weighted by Gasteiger charge is 2.27. The van der Waals surface area contributed by atoms with E-state index >= 15 is 0 Å². The molecule has 0 saturated heterocycles. The quantitative estimate of drug-likeness (QED) is 0.519. The average molecular weight is 244 g/mol. The number of ether oxygens (including phenoxy) is 1. The highest BCUT2D eigenvalue weighted by molar-refractivity contribution is 5.76. The van der Waals surface area contributed by atoms with Crippen molar-refractivity contribution in [2.45, 2.75) is 40.2 Å². The Morgan fingerprint density at radius 1 is 1.47 bits per heavy atom. The van der Waals surface area contributed by atoms with Crippen molar-refractivity contribution in [2.24, 2.45) is 5.41 Å². The number of hydrogen-bond donors (Lipinski definition) is 1. The van der Waals surface area contributed by atoms with Gasteiger partial charge < -0.3 is 15.0 Å². The molecular formula is C13H28N2O2. The van der Waals surface area contributed by atoms with Gasteiger partial charge in [0.05, 0.1) is 12.5 Å². The minimum atomic E-state index is -0.455. The fourth-order valence-electron chi connectivity index (χ4n) is 1.54. The van der Waals surface area contributed by atoms with E-state index in [0.717, 1.165) is 19.5 Å². The number of carbonyl (C=O) groups excluding carboxylic acids is 1. The maximum absolute atomic E-state index is 11.4. The Labute approximate surface area is 106 Å². The third-order valence-electron chi connectivity index (χ3n) is 3.29. The predicted molar refractivity (Wildman–Crippen MR) is 71.0 cm³/mol. The second kappa shape index (κ2) is 7.67. The topological polar surface area (TPSA) is 41.6 Å². The summed E-state index contributed by atoms with van der Waals surface area (Å²) < 4.78 is 4.76. The van der Waals surface area contributed by atoms with E-state index in [1.54, 1.807) is 0 Å². The highest BCUT2D eigenvalue weighted by atomic mass is 16.5. The molecule has 0 saturated carbocycles. The lowest BCUT2D eigenvalue weighted by Crippen LogP contribution is -2.41. The third-order valence-corrected chi connectivity index (χ3v) is 3.29. The summed E-state index contributed by atoms with van der Waals surface area (Å²) in [6.07, 6.45) is 1.16. The number of methoxy groups -OCH3 is 1. The summed E-state index contributed by atoms with van der Waals surface area (Å²) >= 11 is 0. The minimum Gasteiger partial charge on any atom is -0.469 e. The number of carbonyl (C=O) groups is 1. The molecule has 4 nitrogen and oxygen atoms in total. The van der Waals surface area contributed by atoms with Crippen molar-refractivity contribution in [2.75, 3.05) is 33.8 Å². The van der Waals surface area contributed by atoms with Gasteiger partial charge in [-0.3, -0.25) is 4.79 Å².